The fraction of sp³-hybridized carbons (Fsp3) is 0.910. The Morgan fingerprint density at radius 1 is 0.359 bits per heavy atom. The molecule has 47 nitrogen and oxygen atoms in total. The lowest BCUT2D eigenvalue weighted by atomic mass is 9.97. The number of phosphoric ester groups is 3. The highest BCUT2D eigenvalue weighted by atomic mass is 31.2. The van der Waals surface area contributed by atoms with Crippen LogP contribution in [0.2, 0.25) is 0 Å². The summed E-state index contributed by atoms with van der Waals surface area (Å²) in [6.07, 6.45) is -22.8. The van der Waals surface area contributed by atoms with E-state index in [0.29, 0.717) is 77.0 Å². The molecule has 117 heavy (non-hydrogen) atoms. The van der Waals surface area contributed by atoms with Gasteiger partial charge in [-0.3, -0.25) is 55.9 Å². The van der Waals surface area contributed by atoms with Gasteiger partial charge in [-0.2, -0.15) is 0 Å². The van der Waals surface area contributed by atoms with Gasteiger partial charge in [-0.15, -0.1) is 0 Å². The van der Waals surface area contributed by atoms with Crippen LogP contribution in [0.3, 0.4) is 0 Å². The van der Waals surface area contributed by atoms with Crippen molar-refractivity contribution in [3.63, 3.8) is 0 Å². The Morgan fingerprint density at radius 3 is 0.949 bits per heavy atom. The number of hydrogen-bond acceptors (Lipinski definition) is 38. The van der Waals surface area contributed by atoms with Gasteiger partial charge in [-0.25, -0.2) is 13.7 Å². The van der Waals surface area contributed by atoms with Crippen LogP contribution >= 0.6 is 23.5 Å². The molecule has 19 N–H and O–H groups in total. The topological polar surface area (TPSA) is 664 Å². The van der Waals surface area contributed by atoms with Gasteiger partial charge in [0.1, 0.15) is 130 Å². The molecule has 6 unspecified atom stereocenters. The molecule has 0 saturated carbocycles. The van der Waals surface area contributed by atoms with Gasteiger partial charge in [0, 0.05) is 86.1 Å². The minimum Gasteiger partial charge on any atom is -0.394 e. The fourth-order valence-corrected chi connectivity index (χ4v) is 15.8. The predicted octanol–water partition coefficient (Wildman–Crippen LogP) is -5.17. The van der Waals surface area contributed by atoms with Crippen molar-refractivity contribution in [3.05, 3.63) is 0 Å². The van der Waals surface area contributed by atoms with E-state index >= 15 is 0 Å². The van der Waals surface area contributed by atoms with Crippen molar-refractivity contribution >= 4 is 58.9 Å². The summed E-state index contributed by atoms with van der Waals surface area (Å²) in [6, 6.07) is -3.72. The first-order valence-electron chi connectivity index (χ1n) is 39.0. The van der Waals surface area contributed by atoms with Crippen molar-refractivity contribution in [2.75, 3.05) is 119 Å². The molecule has 0 radical (unpaired) electrons. The van der Waals surface area contributed by atoms with Crippen LogP contribution in [0.5, 0.6) is 0 Å². The lowest BCUT2D eigenvalue weighted by molar-refractivity contribution is -0.268. The van der Waals surface area contributed by atoms with Gasteiger partial charge in [-0.1, -0.05) is 38.5 Å². The summed E-state index contributed by atoms with van der Waals surface area (Å²) in [4.78, 5) is 106. The Hall–Kier alpha value is -3.77. The van der Waals surface area contributed by atoms with Crippen molar-refractivity contribution in [3.8, 4) is 0 Å². The van der Waals surface area contributed by atoms with Crippen LogP contribution in [0.4, 0.5) is 0 Å². The summed E-state index contributed by atoms with van der Waals surface area (Å²) in [5.74, 6) is -3.38. The van der Waals surface area contributed by atoms with Crippen LogP contribution in [-0.2, 0) is 131 Å². The molecule has 6 amide bonds. The summed E-state index contributed by atoms with van der Waals surface area (Å²) in [6.45, 7) is 0.00198. The fourth-order valence-electron chi connectivity index (χ4n) is 13.0. The van der Waals surface area contributed by atoms with Crippen LogP contribution in [0.1, 0.15) is 124 Å². The molecule has 0 aromatic rings. The summed E-state index contributed by atoms with van der Waals surface area (Å²) in [5, 5.41) is 116. The minimum atomic E-state index is -5.27. The summed E-state index contributed by atoms with van der Waals surface area (Å²) >= 11 is 0. The van der Waals surface area contributed by atoms with Crippen molar-refractivity contribution in [2.24, 2.45) is 0 Å². The quantitative estimate of drug-likeness (QED) is 0.0200. The first-order valence-corrected chi connectivity index (χ1v) is 43.5. The lowest BCUT2D eigenvalue weighted by Crippen LogP contribution is -2.64. The largest absolute Gasteiger partial charge is 0.472 e. The summed E-state index contributed by atoms with van der Waals surface area (Å²) in [5.41, 5.74) is 0. The van der Waals surface area contributed by atoms with Gasteiger partial charge in [0.05, 0.1) is 52.9 Å². The second kappa shape index (κ2) is 52.8. The molecule has 0 aliphatic carbocycles. The van der Waals surface area contributed by atoms with Gasteiger partial charge in [-0.05, 0) is 45.4 Å². The third-order valence-corrected chi connectivity index (χ3v) is 22.0. The van der Waals surface area contributed by atoms with Crippen molar-refractivity contribution < 1.29 is 197 Å². The number of ether oxygens (including phenoxy) is 13. The molecule has 0 spiro atoms. The predicted molar refractivity (Wildman–Crippen MR) is 392 cm³/mol. The summed E-state index contributed by atoms with van der Waals surface area (Å²) < 4.78 is 147. The normalized spacial score (nSPS) is 32.8. The van der Waals surface area contributed by atoms with Crippen LogP contribution in [0.25, 0.3) is 0 Å². The zero-order valence-corrected chi connectivity index (χ0v) is 68.5. The highest BCUT2D eigenvalue weighted by molar-refractivity contribution is 7.48. The standard InChI is InChI=1S/C67H121N6O41P3/c1-5-96-24-25-103-115(90,91)113-42-27-54(98-22-16-10-7-13-19-69-51(82)36-101-66-57(72-39(3)79)63(88)60(85)46(31-76)110-66)107-48(42)33-105-117(94,95)114-43-28-55(99-23-17-11-8-14-20-70-52(83)37-102-67-58(73-40(4)80)64(89)61(86)47(32-77)111-67)108-49(43)34-104-116(92,93)112-41-26-53(106-44(41)29-74)97-21-15-9-6-12-18-68-50(81)35-100-65-56(71-38(2)78)62(87)59(84)45(30-75)109-65/h41-49,53-67,74-77,84-89H,5-37H2,1-4H3,(H,68,81)(H,69,82)(H,70,83)(H,71,78)(H,72,79)(H,73,80)(H,90,91)(H,92,93)(H,94,95)/t41?,42?,43?,44-,45-,46-,47-,48-,49-,53-,54-,55-,56-,57-,58-,59+,60+,61+,62-,63-,64-,65-,66-,67-/m1/s1. The van der Waals surface area contributed by atoms with Crippen molar-refractivity contribution in [2.45, 2.75) is 271 Å². The highest BCUT2D eigenvalue weighted by Crippen LogP contribution is 2.52. The maximum absolute atomic E-state index is 14.0. The average molecular weight is 1760 g/mol. The molecule has 0 aromatic heterocycles. The first kappa shape index (κ1) is 102. The molecular weight excluding hydrogens is 1640 g/mol. The van der Waals surface area contributed by atoms with E-state index in [0.717, 1.165) is 0 Å². The maximum Gasteiger partial charge on any atom is 0.472 e. The number of amides is 6. The van der Waals surface area contributed by atoms with Crippen LogP contribution in [0.15, 0.2) is 0 Å². The first-order chi connectivity index (χ1) is 55.7. The van der Waals surface area contributed by atoms with Crippen molar-refractivity contribution in [1.82, 2.24) is 31.9 Å². The van der Waals surface area contributed by atoms with Crippen LogP contribution in [-0.4, -0.2) is 367 Å². The molecule has 0 bridgehead atoms. The Morgan fingerprint density at radius 2 is 0.650 bits per heavy atom. The Balaban J connectivity index is 0.977. The summed E-state index contributed by atoms with van der Waals surface area (Å²) in [7, 11) is -15.3. The SMILES string of the molecule is CCOCCOP(=O)(O)OC1C[C@H](OCCCCCCNC(=O)CO[C@@H]2O[C@H](CO)[C@H](O)[C@H](O)[C@H]2NC(C)=O)O[C@@H]1COP(=O)(O)OC1C[C@H](OCCCCCCNC(=O)CO[C@@H]2O[C@H](CO)[C@H](O)[C@H](O)[C@H]2NC(C)=O)O[C@@H]1COP(=O)(O)OC1C[C@H](OCCCCCCNC(=O)CO[C@@H]2O[C@H](CO)[C@H](O)[C@H](O)[C@H]2NC(C)=O)O[C@@H]1CO. The Bertz CT molecular complexity index is 3100. The van der Waals surface area contributed by atoms with E-state index in [1.807, 2.05) is 0 Å². The van der Waals surface area contributed by atoms with E-state index in [9.17, 15) is 108 Å². The number of hydrogen-bond donors (Lipinski definition) is 19. The number of phosphoric acid groups is 3. The molecule has 680 valence electrons. The molecule has 0 aromatic carbocycles. The van der Waals surface area contributed by atoms with E-state index < -0.39 is 266 Å². The van der Waals surface area contributed by atoms with E-state index in [1.54, 1.807) is 6.92 Å². The number of aliphatic hydroxyl groups is 10. The minimum absolute atomic E-state index is 0.0385. The van der Waals surface area contributed by atoms with Gasteiger partial charge in [0.25, 0.3) is 0 Å². The number of aliphatic hydroxyl groups excluding tert-OH is 10. The molecule has 6 aliphatic rings. The molecule has 50 heteroatoms. The van der Waals surface area contributed by atoms with E-state index in [-0.39, 0.29) is 78.5 Å². The van der Waals surface area contributed by atoms with Crippen LogP contribution < -0.4 is 31.9 Å². The van der Waals surface area contributed by atoms with E-state index in [4.69, 9.17) is 88.7 Å². The number of carbonyl (C=O) groups excluding carboxylic acids is 6. The molecule has 6 rings (SSSR count). The van der Waals surface area contributed by atoms with Gasteiger partial charge >= 0.3 is 23.5 Å². The van der Waals surface area contributed by atoms with Crippen molar-refractivity contribution in [1.29, 1.82) is 0 Å². The molecule has 6 heterocycles. The van der Waals surface area contributed by atoms with E-state index in [2.05, 4.69) is 31.9 Å². The lowest BCUT2D eigenvalue weighted by Gasteiger charge is -2.42. The molecule has 6 saturated heterocycles. The van der Waals surface area contributed by atoms with Gasteiger partial charge < -0.3 is 159 Å². The molecule has 27 atom stereocenters. The van der Waals surface area contributed by atoms with Crippen LogP contribution in [0, 0.1) is 0 Å². The smallest absolute Gasteiger partial charge is 0.394 e. The molecule has 6 fully saturated rings. The van der Waals surface area contributed by atoms with E-state index in [1.165, 1.54) is 20.8 Å². The second-order valence-electron chi connectivity index (χ2n) is 28.3. The second-order valence-corrected chi connectivity index (χ2v) is 32.5. The number of rotatable bonds is 57. The third kappa shape index (κ3) is 36.1. The zero-order valence-electron chi connectivity index (χ0n) is 65.8. The zero-order chi connectivity index (χ0) is 85.8. The number of unbranched alkanes of at least 4 members (excludes halogenated alkanes) is 9. The highest BCUT2D eigenvalue weighted by Gasteiger charge is 2.51. The number of carbonyl (C=O) groups is 6. The Kier molecular flexibility index (Phi) is 46.0. The molecular formula is C67H121N6O41P3. The average Bonchev–Trinajstić information content (AvgIpc) is 1.43. The maximum atomic E-state index is 14.0. The number of nitrogens with one attached hydrogen (secondary N) is 6. The van der Waals surface area contributed by atoms with Gasteiger partial charge in [0.15, 0.2) is 37.7 Å². The monoisotopic (exact) mass is 1760 g/mol. The third-order valence-electron chi connectivity index (χ3n) is 19.0. The Labute approximate surface area is 675 Å². The molecule has 6 aliphatic heterocycles. The van der Waals surface area contributed by atoms with Gasteiger partial charge in [0.2, 0.25) is 35.4 Å².